The number of carbonyl (C=O) groups excluding carboxylic acids is 2. The summed E-state index contributed by atoms with van der Waals surface area (Å²) < 4.78 is 5.31. The van der Waals surface area contributed by atoms with E-state index in [0.717, 1.165) is 0 Å². The van der Waals surface area contributed by atoms with E-state index in [1.54, 1.807) is 12.1 Å². The Morgan fingerprint density at radius 3 is 2.73 bits per heavy atom. The van der Waals surface area contributed by atoms with Gasteiger partial charge in [0.05, 0.1) is 17.9 Å². The summed E-state index contributed by atoms with van der Waals surface area (Å²) in [6, 6.07) is 4.55. The number of benzene rings is 1. The molecule has 0 saturated carbocycles. The quantitative estimate of drug-likeness (QED) is 0.0793. The highest BCUT2D eigenvalue weighted by atomic mass is 16.5. The van der Waals surface area contributed by atoms with E-state index in [2.05, 4.69) is 10.6 Å². The summed E-state index contributed by atoms with van der Waals surface area (Å²) in [5, 5.41) is 33.7. The SMILES string of the molecule is NCCN/C(=C/C=C(\C=O)CC(=O)N[C@H]1Cc2cccc(C(=O)O)c2OB1O)NO. The number of carboxylic acids is 1. The Bertz CT molecular complexity index is 859. The van der Waals surface area contributed by atoms with Crippen LogP contribution in [0.2, 0.25) is 0 Å². The van der Waals surface area contributed by atoms with Crippen LogP contribution < -0.4 is 26.5 Å². The van der Waals surface area contributed by atoms with E-state index < -0.39 is 24.9 Å². The molecule has 0 bridgehead atoms. The number of allylic oxidation sites excluding steroid dienone is 2. The second kappa shape index (κ2) is 11.0. The molecule has 0 saturated heterocycles. The van der Waals surface area contributed by atoms with Crippen LogP contribution in [0.1, 0.15) is 22.3 Å². The molecule has 2 rings (SSSR count). The molecule has 0 radical (unpaired) electrons. The Labute approximate surface area is 172 Å². The zero-order chi connectivity index (χ0) is 22.1. The third kappa shape index (κ3) is 6.07. The maximum Gasteiger partial charge on any atom is 0.547 e. The van der Waals surface area contributed by atoms with E-state index in [1.807, 2.05) is 5.48 Å². The Hall–Kier alpha value is -3.35. The summed E-state index contributed by atoms with van der Waals surface area (Å²) in [4.78, 5) is 34.8. The zero-order valence-corrected chi connectivity index (χ0v) is 16.0. The molecule has 30 heavy (non-hydrogen) atoms. The van der Waals surface area contributed by atoms with Crippen molar-refractivity contribution >= 4 is 25.3 Å². The van der Waals surface area contributed by atoms with Gasteiger partial charge in [-0.1, -0.05) is 18.2 Å². The predicted molar refractivity (Wildman–Crippen MR) is 106 cm³/mol. The third-order valence-electron chi connectivity index (χ3n) is 4.26. The number of amides is 1. The first-order chi connectivity index (χ1) is 14.4. The van der Waals surface area contributed by atoms with Crippen molar-refractivity contribution in [2.45, 2.75) is 18.8 Å². The van der Waals surface area contributed by atoms with Crippen molar-refractivity contribution < 1.29 is 34.4 Å². The third-order valence-corrected chi connectivity index (χ3v) is 4.26. The lowest BCUT2D eigenvalue weighted by molar-refractivity contribution is -0.121. The van der Waals surface area contributed by atoms with Gasteiger partial charge in [-0.15, -0.1) is 0 Å². The van der Waals surface area contributed by atoms with Gasteiger partial charge in [-0.05, 0) is 24.1 Å². The number of aromatic carboxylic acids is 1. The largest absolute Gasteiger partial charge is 0.547 e. The smallest absolute Gasteiger partial charge is 0.534 e. The van der Waals surface area contributed by atoms with Crippen molar-refractivity contribution in [2.75, 3.05) is 13.1 Å². The highest BCUT2D eigenvalue weighted by molar-refractivity contribution is 6.47. The number of nitrogens with one attached hydrogen (secondary N) is 3. The van der Waals surface area contributed by atoms with Crippen LogP contribution in [0.15, 0.2) is 41.7 Å². The summed E-state index contributed by atoms with van der Waals surface area (Å²) in [6.07, 6.45) is 3.09. The van der Waals surface area contributed by atoms with E-state index in [0.29, 0.717) is 24.9 Å². The van der Waals surface area contributed by atoms with Gasteiger partial charge in [-0.2, -0.15) is 0 Å². The van der Waals surface area contributed by atoms with Crippen LogP contribution in [-0.2, 0) is 16.0 Å². The molecule has 1 aromatic carbocycles. The van der Waals surface area contributed by atoms with Crippen LogP contribution in [0.5, 0.6) is 5.75 Å². The van der Waals surface area contributed by atoms with Crippen molar-refractivity contribution in [1.29, 1.82) is 0 Å². The molecule has 1 aromatic rings. The molecule has 0 spiro atoms. The highest BCUT2D eigenvalue weighted by Crippen LogP contribution is 2.30. The Kier molecular flexibility index (Phi) is 8.41. The normalized spacial score (nSPS) is 16.2. The molecule has 12 heteroatoms. The number of hydrogen-bond acceptors (Lipinski definition) is 9. The molecule has 0 unspecified atom stereocenters. The molecule has 0 fully saturated rings. The minimum Gasteiger partial charge on any atom is -0.534 e. The maximum atomic E-state index is 12.3. The second-order valence-corrected chi connectivity index (χ2v) is 6.43. The van der Waals surface area contributed by atoms with Crippen LogP contribution in [0.4, 0.5) is 0 Å². The van der Waals surface area contributed by atoms with Gasteiger partial charge >= 0.3 is 13.1 Å². The van der Waals surface area contributed by atoms with Gasteiger partial charge < -0.3 is 31.2 Å². The molecule has 160 valence electrons. The molecule has 1 atom stereocenters. The van der Waals surface area contributed by atoms with Crippen molar-refractivity contribution in [3.05, 3.63) is 52.9 Å². The van der Waals surface area contributed by atoms with Gasteiger partial charge in [0.1, 0.15) is 17.9 Å². The van der Waals surface area contributed by atoms with Crippen molar-refractivity contribution in [3.63, 3.8) is 0 Å². The van der Waals surface area contributed by atoms with E-state index in [-0.39, 0.29) is 35.5 Å². The highest BCUT2D eigenvalue weighted by Gasteiger charge is 2.37. The first-order valence-electron chi connectivity index (χ1n) is 9.09. The predicted octanol–water partition coefficient (Wildman–Crippen LogP) is -1.29. The summed E-state index contributed by atoms with van der Waals surface area (Å²) in [7, 11) is -1.45. The van der Waals surface area contributed by atoms with Crippen LogP contribution in [0.25, 0.3) is 0 Å². The summed E-state index contributed by atoms with van der Waals surface area (Å²) >= 11 is 0. The van der Waals surface area contributed by atoms with Crippen molar-refractivity contribution in [3.8, 4) is 5.75 Å². The van der Waals surface area contributed by atoms with Crippen LogP contribution in [-0.4, -0.2) is 59.6 Å². The minimum atomic E-state index is -1.45. The molecular formula is C18H23BN4O7. The molecule has 1 aliphatic heterocycles. The Morgan fingerprint density at radius 2 is 2.10 bits per heavy atom. The van der Waals surface area contributed by atoms with Gasteiger partial charge in [-0.3, -0.25) is 20.3 Å². The first-order valence-corrected chi connectivity index (χ1v) is 9.09. The lowest BCUT2D eigenvalue weighted by Gasteiger charge is -2.28. The van der Waals surface area contributed by atoms with E-state index in [9.17, 15) is 24.5 Å². The minimum absolute atomic E-state index is 0.0654. The monoisotopic (exact) mass is 418 g/mol. The Morgan fingerprint density at radius 1 is 1.33 bits per heavy atom. The number of aldehydes is 1. The second-order valence-electron chi connectivity index (χ2n) is 6.43. The maximum absolute atomic E-state index is 12.3. The number of para-hydroxylation sites is 1. The van der Waals surface area contributed by atoms with E-state index in [1.165, 1.54) is 18.2 Å². The average molecular weight is 418 g/mol. The fourth-order valence-electron chi connectivity index (χ4n) is 2.83. The fraction of sp³-hybridized carbons (Fsp3) is 0.278. The topological polar surface area (TPSA) is 183 Å². The summed E-state index contributed by atoms with van der Waals surface area (Å²) in [5.74, 6) is -2.29. The van der Waals surface area contributed by atoms with Crippen LogP contribution >= 0.6 is 0 Å². The van der Waals surface area contributed by atoms with Crippen LogP contribution in [0.3, 0.4) is 0 Å². The molecule has 0 aromatic heterocycles. The van der Waals surface area contributed by atoms with Crippen molar-refractivity contribution in [2.24, 2.45) is 5.73 Å². The molecule has 1 heterocycles. The molecule has 1 aliphatic rings. The standard InChI is InChI=1S/C18H23BN4O7/c20-6-7-21-15(23-29)5-4-11(10-24)8-16(25)22-14-9-12-2-1-3-13(18(26)27)17(12)30-19(14)28/h1-5,10,14,21,23,28-29H,6-9,20H2,(H,22,25)(H,26,27)/b11-4-,15-5-/t14-/m0/s1. The van der Waals surface area contributed by atoms with Gasteiger partial charge in [0.25, 0.3) is 0 Å². The number of carbonyl (C=O) groups is 3. The number of fused-ring (bicyclic) bond motifs is 1. The molecular weight excluding hydrogens is 395 g/mol. The van der Waals surface area contributed by atoms with Gasteiger partial charge in [0.2, 0.25) is 5.91 Å². The number of hydrogen-bond donors (Lipinski definition) is 7. The lowest BCUT2D eigenvalue weighted by atomic mass is 9.72. The number of nitrogens with two attached hydrogens (primary N) is 1. The van der Waals surface area contributed by atoms with Gasteiger partial charge in [0, 0.05) is 18.7 Å². The number of carboxylic acid groups (broad SMARTS) is 1. The molecule has 1 amide bonds. The van der Waals surface area contributed by atoms with E-state index >= 15 is 0 Å². The number of hydroxylamine groups is 1. The van der Waals surface area contributed by atoms with Crippen molar-refractivity contribution in [1.82, 2.24) is 16.1 Å². The average Bonchev–Trinajstić information content (AvgIpc) is 2.72. The van der Waals surface area contributed by atoms with Gasteiger partial charge in [0.15, 0.2) is 0 Å². The first kappa shape index (κ1) is 22.9. The molecule has 8 N–H and O–H groups in total. The van der Waals surface area contributed by atoms with E-state index in [4.69, 9.17) is 15.6 Å². The summed E-state index contributed by atoms with van der Waals surface area (Å²) in [5.41, 5.74) is 7.83. The van der Waals surface area contributed by atoms with Gasteiger partial charge in [-0.25, -0.2) is 4.79 Å². The summed E-state index contributed by atoms with van der Waals surface area (Å²) in [6.45, 7) is 0.712. The molecule has 11 nitrogen and oxygen atoms in total. The number of rotatable bonds is 10. The van der Waals surface area contributed by atoms with Crippen LogP contribution in [0, 0.1) is 0 Å². The fourth-order valence-corrected chi connectivity index (χ4v) is 2.83. The Balaban J connectivity index is 2.04. The lowest BCUT2D eigenvalue weighted by Crippen LogP contribution is -2.53. The molecule has 0 aliphatic carbocycles. The zero-order valence-electron chi connectivity index (χ0n) is 16.0.